The van der Waals surface area contributed by atoms with E-state index in [-0.39, 0.29) is 12.3 Å². The maximum absolute atomic E-state index is 11.5. The average Bonchev–Trinajstić information content (AvgIpc) is 2.90. The predicted molar refractivity (Wildman–Crippen MR) is 61.5 cm³/mol. The van der Waals surface area contributed by atoms with E-state index in [0.29, 0.717) is 13.2 Å². The Bertz CT molecular complexity index is 394. The van der Waals surface area contributed by atoms with Gasteiger partial charge >= 0.3 is 0 Å². The molecule has 0 bridgehead atoms. The minimum Gasteiger partial charge on any atom is -0.360 e. The first-order valence-electron chi connectivity index (χ1n) is 5.41. The average molecular weight is 237 g/mol. The van der Waals surface area contributed by atoms with E-state index in [9.17, 15) is 4.79 Å². The third-order valence-electron chi connectivity index (χ3n) is 2.39. The molecule has 2 heterocycles. The van der Waals surface area contributed by atoms with Crippen LogP contribution in [0.2, 0.25) is 0 Å². The molecule has 1 saturated heterocycles. The van der Waals surface area contributed by atoms with Gasteiger partial charge in [0, 0.05) is 6.20 Å². The standard InChI is InChI=1S/C11H15N3O3/c1-11(16-5-6-17-11)7-10(15)14-13-8-9-3-2-4-12-9/h2-4,8,12H,5-7H2,1H3,(H,14,15)/b13-8-. The van der Waals surface area contributed by atoms with Crippen LogP contribution < -0.4 is 5.43 Å². The third-order valence-corrected chi connectivity index (χ3v) is 2.39. The normalized spacial score (nSPS) is 18.6. The highest BCUT2D eigenvalue weighted by atomic mass is 16.7. The Morgan fingerprint density at radius 1 is 1.65 bits per heavy atom. The number of aromatic nitrogens is 1. The Hall–Kier alpha value is -1.66. The third kappa shape index (κ3) is 3.40. The van der Waals surface area contributed by atoms with E-state index in [0.717, 1.165) is 5.69 Å². The number of amides is 1. The molecule has 1 aliphatic heterocycles. The van der Waals surface area contributed by atoms with E-state index >= 15 is 0 Å². The van der Waals surface area contributed by atoms with Crippen LogP contribution in [0.1, 0.15) is 19.0 Å². The number of hydrogen-bond donors (Lipinski definition) is 2. The predicted octanol–water partition coefficient (Wildman–Crippen LogP) is 0.618. The first kappa shape index (κ1) is 11.8. The Morgan fingerprint density at radius 2 is 2.41 bits per heavy atom. The van der Waals surface area contributed by atoms with Crippen molar-refractivity contribution in [3.8, 4) is 0 Å². The number of H-pyrrole nitrogens is 1. The van der Waals surface area contributed by atoms with E-state index in [2.05, 4.69) is 15.5 Å². The van der Waals surface area contributed by atoms with Crippen molar-refractivity contribution in [1.82, 2.24) is 10.4 Å². The summed E-state index contributed by atoms with van der Waals surface area (Å²) >= 11 is 0. The van der Waals surface area contributed by atoms with E-state index in [1.807, 2.05) is 12.1 Å². The van der Waals surface area contributed by atoms with Crippen molar-refractivity contribution in [2.24, 2.45) is 5.10 Å². The highest BCUT2D eigenvalue weighted by Crippen LogP contribution is 2.21. The largest absolute Gasteiger partial charge is 0.360 e. The summed E-state index contributed by atoms with van der Waals surface area (Å²) in [6.07, 6.45) is 3.45. The Kier molecular flexibility index (Phi) is 3.55. The van der Waals surface area contributed by atoms with Crippen molar-refractivity contribution < 1.29 is 14.3 Å². The van der Waals surface area contributed by atoms with Crippen molar-refractivity contribution in [2.75, 3.05) is 13.2 Å². The highest BCUT2D eigenvalue weighted by Gasteiger charge is 2.33. The summed E-state index contributed by atoms with van der Waals surface area (Å²) in [6.45, 7) is 2.79. The number of hydrogen-bond acceptors (Lipinski definition) is 4. The van der Waals surface area contributed by atoms with Crippen molar-refractivity contribution in [3.05, 3.63) is 24.0 Å². The zero-order valence-corrected chi connectivity index (χ0v) is 9.60. The van der Waals surface area contributed by atoms with Crippen LogP contribution in [0.4, 0.5) is 0 Å². The minimum atomic E-state index is -0.813. The molecule has 0 aromatic carbocycles. The molecule has 1 fully saturated rings. The number of aromatic amines is 1. The van der Waals surface area contributed by atoms with Crippen molar-refractivity contribution in [2.45, 2.75) is 19.1 Å². The van der Waals surface area contributed by atoms with Gasteiger partial charge < -0.3 is 14.5 Å². The summed E-state index contributed by atoms with van der Waals surface area (Å²) in [5.41, 5.74) is 3.25. The molecule has 2 N–H and O–H groups in total. The van der Waals surface area contributed by atoms with Crippen molar-refractivity contribution in [3.63, 3.8) is 0 Å². The van der Waals surface area contributed by atoms with Gasteiger partial charge in [0.15, 0.2) is 5.79 Å². The second-order valence-electron chi connectivity index (χ2n) is 3.93. The first-order chi connectivity index (χ1) is 8.18. The fraction of sp³-hybridized carbons (Fsp3) is 0.455. The van der Waals surface area contributed by atoms with Crippen LogP contribution in [0.15, 0.2) is 23.4 Å². The summed E-state index contributed by atoms with van der Waals surface area (Å²) < 4.78 is 10.6. The van der Waals surface area contributed by atoms with Crippen LogP contribution in [-0.4, -0.2) is 36.1 Å². The molecule has 0 saturated carbocycles. The molecule has 0 radical (unpaired) electrons. The van der Waals surface area contributed by atoms with E-state index in [1.165, 1.54) is 6.21 Å². The van der Waals surface area contributed by atoms with Crippen LogP contribution in [-0.2, 0) is 14.3 Å². The van der Waals surface area contributed by atoms with Gasteiger partial charge in [-0.1, -0.05) is 0 Å². The lowest BCUT2D eigenvalue weighted by molar-refractivity contribution is -0.159. The zero-order chi connectivity index (χ0) is 12.1. The van der Waals surface area contributed by atoms with Crippen LogP contribution in [0.3, 0.4) is 0 Å². The van der Waals surface area contributed by atoms with Crippen molar-refractivity contribution >= 4 is 12.1 Å². The van der Waals surface area contributed by atoms with Gasteiger partial charge in [-0.2, -0.15) is 5.10 Å². The number of hydrazone groups is 1. The number of nitrogens with one attached hydrogen (secondary N) is 2. The lowest BCUT2D eigenvalue weighted by atomic mass is 10.2. The Labute approximate surface area is 99.0 Å². The van der Waals surface area contributed by atoms with E-state index in [4.69, 9.17) is 9.47 Å². The maximum atomic E-state index is 11.5. The summed E-state index contributed by atoms with van der Waals surface area (Å²) in [6, 6.07) is 3.70. The monoisotopic (exact) mass is 237 g/mol. The topological polar surface area (TPSA) is 75.7 Å². The summed E-state index contributed by atoms with van der Waals surface area (Å²) in [5.74, 6) is -1.05. The molecule has 0 aliphatic carbocycles. The molecular weight excluding hydrogens is 222 g/mol. The molecule has 6 nitrogen and oxygen atoms in total. The quantitative estimate of drug-likeness (QED) is 0.595. The molecule has 1 aromatic rings. The van der Waals surface area contributed by atoms with Gasteiger partial charge in [-0.25, -0.2) is 5.43 Å². The molecule has 92 valence electrons. The van der Waals surface area contributed by atoms with Gasteiger partial charge in [0.1, 0.15) is 0 Å². The van der Waals surface area contributed by atoms with Crippen LogP contribution in [0, 0.1) is 0 Å². The number of rotatable bonds is 4. The molecule has 17 heavy (non-hydrogen) atoms. The van der Waals surface area contributed by atoms with E-state index in [1.54, 1.807) is 13.1 Å². The van der Waals surface area contributed by atoms with Gasteiger partial charge in [0.2, 0.25) is 5.91 Å². The summed E-state index contributed by atoms with van der Waals surface area (Å²) in [5, 5.41) is 3.82. The smallest absolute Gasteiger partial charge is 0.245 e. The number of ether oxygens (including phenoxy) is 2. The van der Waals surface area contributed by atoms with Gasteiger partial charge in [-0.05, 0) is 19.1 Å². The summed E-state index contributed by atoms with van der Waals surface area (Å²) in [4.78, 5) is 14.5. The number of carbonyl (C=O) groups excluding carboxylic acids is 1. The molecule has 1 aromatic heterocycles. The number of carbonyl (C=O) groups is 1. The SMILES string of the molecule is CC1(CC(=O)N/N=C\c2ccc[nH]2)OCCO1. The van der Waals surface area contributed by atoms with Crippen molar-refractivity contribution in [1.29, 1.82) is 0 Å². The summed E-state index contributed by atoms with van der Waals surface area (Å²) in [7, 11) is 0. The highest BCUT2D eigenvalue weighted by molar-refractivity contribution is 5.81. The Balaban J connectivity index is 1.78. The Morgan fingerprint density at radius 3 is 3.06 bits per heavy atom. The van der Waals surface area contributed by atoms with Gasteiger partial charge in [-0.3, -0.25) is 4.79 Å². The lowest BCUT2D eigenvalue weighted by Gasteiger charge is -2.20. The molecule has 1 aliphatic rings. The van der Waals surface area contributed by atoms with Gasteiger partial charge in [0.05, 0.1) is 31.5 Å². The molecule has 0 atom stereocenters. The molecule has 0 spiro atoms. The van der Waals surface area contributed by atoms with Crippen LogP contribution in [0.25, 0.3) is 0 Å². The van der Waals surface area contributed by atoms with Gasteiger partial charge in [-0.15, -0.1) is 0 Å². The molecular formula is C11H15N3O3. The molecule has 0 unspecified atom stereocenters. The maximum Gasteiger partial charge on any atom is 0.245 e. The second kappa shape index (κ2) is 5.11. The number of nitrogens with zero attached hydrogens (tertiary/aromatic N) is 1. The molecule has 2 rings (SSSR count). The fourth-order valence-electron chi connectivity index (χ4n) is 1.59. The molecule has 1 amide bonds. The van der Waals surface area contributed by atoms with Crippen LogP contribution in [0.5, 0.6) is 0 Å². The first-order valence-corrected chi connectivity index (χ1v) is 5.41. The van der Waals surface area contributed by atoms with Crippen LogP contribution >= 0.6 is 0 Å². The van der Waals surface area contributed by atoms with E-state index < -0.39 is 5.79 Å². The molecule has 6 heteroatoms. The minimum absolute atomic E-state index is 0.134. The lowest BCUT2D eigenvalue weighted by Crippen LogP contribution is -2.33. The van der Waals surface area contributed by atoms with Gasteiger partial charge in [0.25, 0.3) is 0 Å². The fourth-order valence-corrected chi connectivity index (χ4v) is 1.59. The second-order valence-corrected chi connectivity index (χ2v) is 3.93. The zero-order valence-electron chi connectivity index (χ0n) is 9.60.